The average molecular weight is 330 g/mol. The smallest absolute Gasteiger partial charge is 0.176 e. The Hall–Kier alpha value is -1.85. The lowest BCUT2D eigenvalue weighted by molar-refractivity contribution is 0.316. The number of halogens is 1. The molecular formula is C17H20ClN5. The number of fused-ring (bicyclic) bond motifs is 3. The number of amidine groups is 2. The van der Waals surface area contributed by atoms with E-state index in [1.54, 1.807) is 0 Å². The second-order valence-corrected chi connectivity index (χ2v) is 6.73. The van der Waals surface area contributed by atoms with Crippen molar-refractivity contribution < 1.29 is 0 Å². The number of likely N-dealkylation sites (tertiary alicyclic amines) is 1. The SMILES string of the molecule is CC1C=CN2C(=N1)C(N1CCC(N)CC1)=Nc1ccc(Cl)cc12. The first-order valence-corrected chi connectivity index (χ1v) is 8.44. The molecule has 2 N–H and O–H groups in total. The van der Waals surface area contributed by atoms with Crippen molar-refractivity contribution in [2.45, 2.75) is 31.8 Å². The summed E-state index contributed by atoms with van der Waals surface area (Å²) in [5, 5.41) is 0.706. The molecule has 0 aromatic heterocycles. The Bertz CT molecular complexity index is 716. The van der Waals surface area contributed by atoms with Gasteiger partial charge in [-0.3, -0.25) is 9.89 Å². The third-order valence-electron chi connectivity index (χ3n) is 4.53. The van der Waals surface area contributed by atoms with Crippen molar-refractivity contribution >= 4 is 34.6 Å². The number of piperidine rings is 1. The van der Waals surface area contributed by atoms with Gasteiger partial charge in [-0.05, 0) is 44.0 Å². The maximum Gasteiger partial charge on any atom is 0.176 e. The summed E-state index contributed by atoms with van der Waals surface area (Å²) in [7, 11) is 0. The summed E-state index contributed by atoms with van der Waals surface area (Å²) in [6, 6.07) is 6.24. The fourth-order valence-corrected chi connectivity index (χ4v) is 3.38. The Kier molecular flexibility index (Phi) is 3.62. The lowest BCUT2D eigenvalue weighted by Crippen LogP contribution is -2.51. The fourth-order valence-electron chi connectivity index (χ4n) is 3.21. The van der Waals surface area contributed by atoms with E-state index >= 15 is 0 Å². The van der Waals surface area contributed by atoms with E-state index in [1.165, 1.54) is 0 Å². The van der Waals surface area contributed by atoms with E-state index in [0.717, 1.165) is 49.0 Å². The maximum atomic E-state index is 6.17. The zero-order valence-corrected chi connectivity index (χ0v) is 13.9. The number of rotatable bonds is 0. The molecule has 0 saturated carbocycles. The van der Waals surface area contributed by atoms with Crippen LogP contribution < -0.4 is 10.6 Å². The summed E-state index contributed by atoms with van der Waals surface area (Å²) in [6.45, 7) is 3.93. The molecule has 0 aliphatic carbocycles. The van der Waals surface area contributed by atoms with Crippen molar-refractivity contribution in [2.75, 3.05) is 18.0 Å². The topological polar surface area (TPSA) is 57.2 Å². The van der Waals surface area contributed by atoms with Crippen LogP contribution in [0.5, 0.6) is 0 Å². The van der Waals surface area contributed by atoms with E-state index < -0.39 is 0 Å². The van der Waals surface area contributed by atoms with Gasteiger partial charge in [0.1, 0.15) is 0 Å². The summed E-state index contributed by atoms with van der Waals surface area (Å²) in [5.74, 6) is 1.85. The maximum absolute atomic E-state index is 6.17. The Labute approximate surface area is 141 Å². The van der Waals surface area contributed by atoms with E-state index in [4.69, 9.17) is 27.3 Å². The van der Waals surface area contributed by atoms with Crippen LogP contribution in [0.3, 0.4) is 0 Å². The van der Waals surface area contributed by atoms with Crippen LogP contribution in [0.2, 0.25) is 5.02 Å². The van der Waals surface area contributed by atoms with E-state index in [2.05, 4.69) is 29.0 Å². The van der Waals surface area contributed by atoms with Gasteiger partial charge in [0, 0.05) is 30.4 Å². The summed E-state index contributed by atoms with van der Waals surface area (Å²) in [5.41, 5.74) is 7.95. The predicted octanol–water partition coefficient (Wildman–Crippen LogP) is 2.93. The molecule has 3 aliphatic heterocycles. The quantitative estimate of drug-likeness (QED) is 0.796. The van der Waals surface area contributed by atoms with E-state index in [-0.39, 0.29) is 6.04 Å². The van der Waals surface area contributed by atoms with Gasteiger partial charge in [0.2, 0.25) is 0 Å². The fraction of sp³-hybridized carbons (Fsp3) is 0.412. The minimum Gasteiger partial charge on any atom is -0.353 e. The number of aliphatic imine (C=N–C) groups is 2. The number of nitrogens with two attached hydrogens (primary N) is 1. The predicted molar refractivity (Wildman–Crippen MR) is 95.8 cm³/mol. The van der Waals surface area contributed by atoms with Gasteiger partial charge in [0.05, 0.1) is 17.4 Å². The molecule has 23 heavy (non-hydrogen) atoms. The molecule has 6 heteroatoms. The summed E-state index contributed by atoms with van der Waals surface area (Å²) < 4.78 is 0. The van der Waals surface area contributed by atoms with Crippen LogP contribution in [0, 0.1) is 0 Å². The molecule has 1 aromatic carbocycles. The Morgan fingerprint density at radius 3 is 2.78 bits per heavy atom. The lowest BCUT2D eigenvalue weighted by atomic mass is 10.0. The summed E-state index contributed by atoms with van der Waals surface area (Å²) in [4.78, 5) is 14.1. The molecule has 1 aromatic rings. The van der Waals surface area contributed by atoms with Gasteiger partial charge in [-0.15, -0.1) is 0 Å². The molecule has 4 rings (SSSR count). The second-order valence-electron chi connectivity index (χ2n) is 6.30. The number of benzene rings is 1. The van der Waals surface area contributed by atoms with Crippen LogP contribution in [0.4, 0.5) is 11.4 Å². The first-order valence-electron chi connectivity index (χ1n) is 8.06. The van der Waals surface area contributed by atoms with Crippen molar-refractivity contribution in [2.24, 2.45) is 15.7 Å². The van der Waals surface area contributed by atoms with Crippen molar-refractivity contribution in [1.29, 1.82) is 0 Å². The molecule has 1 fully saturated rings. The van der Waals surface area contributed by atoms with Crippen molar-refractivity contribution in [3.63, 3.8) is 0 Å². The average Bonchev–Trinajstić information content (AvgIpc) is 2.55. The minimum atomic E-state index is 0.152. The number of hydrogen-bond acceptors (Lipinski definition) is 5. The largest absolute Gasteiger partial charge is 0.353 e. The molecule has 1 atom stereocenters. The highest BCUT2D eigenvalue weighted by molar-refractivity contribution is 6.48. The van der Waals surface area contributed by atoms with Crippen LogP contribution in [-0.4, -0.2) is 41.7 Å². The highest BCUT2D eigenvalue weighted by atomic mass is 35.5. The van der Waals surface area contributed by atoms with E-state index in [0.29, 0.717) is 11.1 Å². The highest BCUT2D eigenvalue weighted by Crippen LogP contribution is 2.37. The number of anilines is 1. The van der Waals surface area contributed by atoms with Gasteiger partial charge >= 0.3 is 0 Å². The summed E-state index contributed by atoms with van der Waals surface area (Å²) >= 11 is 6.17. The van der Waals surface area contributed by atoms with Crippen LogP contribution >= 0.6 is 11.6 Å². The van der Waals surface area contributed by atoms with Crippen molar-refractivity contribution in [3.8, 4) is 0 Å². The van der Waals surface area contributed by atoms with Crippen LogP contribution in [-0.2, 0) is 0 Å². The van der Waals surface area contributed by atoms with Crippen molar-refractivity contribution in [3.05, 3.63) is 35.5 Å². The minimum absolute atomic E-state index is 0.152. The molecule has 3 heterocycles. The van der Waals surface area contributed by atoms with Crippen LogP contribution in [0.15, 0.2) is 40.5 Å². The molecule has 1 unspecified atom stereocenters. The van der Waals surface area contributed by atoms with Gasteiger partial charge < -0.3 is 10.6 Å². The van der Waals surface area contributed by atoms with Crippen molar-refractivity contribution in [1.82, 2.24) is 4.90 Å². The standard InChI is InChI=1S/C17H20ClN5/c1-11-4-9-23-15-10-12(18)2-3-14(15)21-16(17(23)20-11)22-7-5-13(19)6-8-22/h2-4,9-11,13H,5-8,19H2,1H3. The molecule has 0 radical (unpaired) electrons. The first kappa shape index (κ1) is 14.7. The van der Waals surface area contributed by atoms with Gasteiger partial charge in [-0.25, -0.2) is 4.99 Å². The molecule has 0 amide bonds. The van der Waals surface area contributed by atoms with Gasteiger partial charge in [-0.2, -0.15) is 0 Å². The Morgan fingerprint density at radius 2 is 2.00 bits per heavy atom. The molecule has 120 valence electrons. The Balaban J connectivity index is 1.79. The third-order valence-corrected chi connectivity index (χ3v) is 4.77. The van der Waals surface area contributed by atoms with E-state index in [1.807, 2.05) is 18.2 Å². The zero-order chi connectivity index (χ0) is 16.0. The molecule has 3 aliphatic rings. The van der Waals surface area contributed by atoms with Crippen LogP contribution in [0.1, 0.15) is 19.8 Å². The normalized spacial score (nSPS) is 24.0. The van der Waals surface area contributed by atoms with E-state index in [9.17, 15) is 0 Å². The number of hydrogen-bond donors (Lipinski definition) is 1. The second kappa shape index (κ2) is 5.65. The highest BCUT2D eigenvalue weighted by Gasteiger charge is 2.32. The van der Waals surface area contributed by atoms with Crippen LogP contribution in [0.25, 0.3) is 0 Å². The summed E-state index contributed by atoms with van der Waals surface area (Å²) in [6.07, 6.45) is 6.14. The first-order chi connectivity index (χ1) is 11.1. The molecule has 5 nitrogen and oxygen atoms in total. The van der Waals surface area contributed by atoms with Gasteiger partial charge in [-0.1, -0.05) is 11.6 Å². The number of nitrogens with zero attached hydrogens (tertiary/aromatic N) is 4. The van der Waals surface area contributed by atoms with Gasteiger partial charge in [0.15, 0.2) is 11.7 Å². The zero-order valence-electron chi connectivity index (χ0n) is 13.1. The molecule has 0 spiro atoms. The lowest BCUT2D eigenvalue weighted by Gasteiger charge is -2.39. The Morgan fingerprint density at radius 1 is 1.22 bits per heavy atom. The third kappa shape index (κ3) is 2.64. The molecule has 1 saturated heterocycles. The molecular weight excluding hydrogens is 310 g/mol. The molecule has 0 bridgehead atoms. The van der Waals surface area contributed by atoms with Gasteiger partial charge in [0.25, 0.3) is 0 Å². The monoisotopic (exact) mass is 329 g/mol.